The lowest BCUT2D eigenvalue weighted by Gasteiger charge is -2.57. The monoisotopic (exact) mass is 475 g/mol. The van der Waals surface area contributed by atoms with Crippen LogP contribution in [0, 0.1) is 71.0 Å². The van der Waals surface area contributed by atoms with Gasteiger partial charge in [-0.1, -0.05) is 13.3 Å². The van der Waals surface area contributed by atoms with Crippen LogP contribution in [0.15, 0.2) is 11.8 Å². The Kier molecular flexibility index (Phi) is 5.59. The van der Waals surface area contributed by atoms with Gasteiger partial charge in [-0.3, -0.25) is 4.68 Å². The molecule has 188 valence electrons. The molecule has 0 radical (unpaired) electrons. The molecule has 3 unspecified atom stereocenters. The maximum atomic E-state index is 12.5. The summed E-state index contributed by atoms with van der Waals surface area (Å²) in [6, 6.07) is 2.22. The van der Waals surface area contributed by atoms with E-state index in [1.54, 1.807) is 10.9 Å². The molecule has 5 heteroatoms. The zero-order valence-corrected chi connectivity index (χ0v) is 21.7. The summed E-state index contributed by atoms with van der Waals surface area (Å²) < 4.78 is 1.81. The second-order valence-corrected chi connectivity index (χ2v) is 13.4. The molecule has 5 saturated carbocycles. The molecule has 1 N–H and O–H groups in total. The number of carbonyl (C=O) groups excluding carboxylic acids is 1. The molecule has 1 heterocycles. The van der Waals surface area contributed by atoms with E-state index >= 15 is 0 Å². The van der Waals surface area contributed by atoms with Crippen LogP contribution in [-0.2, 0) is 11.3 Å². The molecule has 0 bridgehead atoms. The van der Waals surface area contributed by atoms with Gasteiger partial charge in [0.2, 0.25) is 0 Å². The van der Waals surface area contributed by atoms with Gasteiger partial charge >= 0.3 is 0 Å². The lowest BCUT2D eigenvalue weighted by Crippen LogP contribution is -2.51. The maximum Gasteiger partial charge on any atom is 0.125 e. The second kappa shape index (κ2) is 8.32. The molecule has 1 aromatic heterocycles. The summed E-state index contributed by atoms with van der Waals surface area (Å²) in [5.41, 5.74) is 1.91. The highest BCUT2D eigenvalue weighted by atomic mass is 16.3. The number of aliphatic hydroxyl groups is 1. The number of hydrogen-bond donors (Lipinski definition) is 1. The van der Waals surface area contributed by atoms with E-state index < -0.39 is 5.60 Å². The summed E-state index contributed by atoms with van der Waals surface area (Å²) in [7, 11) is 0. The number of aryl methyl sites for hydroxylation is 1. The zero-order chi connectivity index (χ0) is 24.5. The average molecular weight is 476 g/mol. The van der Waals surface area contributed by atoms with E-state index in [2.05, 4.69) is 24.0 Å². The van der Waals surface area contributed by atoms with Gasteiger partial charge in [-0.05, 0) is 118 Å². The van der Waals surface area contributed by atoms with Gasteiger partial charge < -0.3 is 5.11 Å². The normalized spacial score (nSPS) is 46.0. The molecule has 0 amide bonds. The SMILES string of the molecule is Cc1nn(CC(=C=O)[C@H]2[C@H]3CCC[C@H]3C3C4CCC5C[C@](C)(O)CC[C@@H]5[C@H]4CC[C@@]32C)cc1C#N. The van der Waals surface area contributed by atoms with E-state index in [0.29, 0.717) is 35.8 Å². The van der Waals surface area contributed by atoms with Gasteiger partial charge in [-0.25, -0.2) is 4.79 Å². The van der Waals surface area contributed by atoms with E-state index in [9.17, 15) is 15.2 Å². The standard InChI is InChI=1S/C30H41N3O2/c1-18-20(14-31)15-33(32-18)16-21(17-34)27-24-5-4-6-25(24)28-26-8-7-19-13-29(2,35)11-9-22(19)23(26)10-12-30(27,28)3/h15,19,22-28,35H,4-13,16H2,1-3H3/t19?,22-,23+,24-,25+,26?,27-,28?,29+,30+/m0/s1. The molecule has 5 nitrogen and oxygen atoms in total. The first-order chi connectivity index (χ1) is 16.8. The Morgan fingerprint density at radius 3 is 2.57 bits per heavy atom. The van der Waals surface area contributed by atoms with Crippen LogP contribution in [0.2, 0.25) is 0 Å². The van der Waals surface area contributed by atoms with Crippen LogP contribution >= 0.6 is 0 Å². The number of allylic oxidation sites excluding steroid dienone is 1. The van der Waals surface area contributed by atoms with E-state index in [1.165, 1.54) is 51.4 Å². The third kappa shape index (κ3) is 3.59. The summed E-state index contributed by atoms with van der Waals surface area (Å²) in [5, 5.41) is 24.7. The largest absolute Gasteiger partial charge is 0.390 e. The first-order valence-corrected chi connectivity index (χ1v) is 14.2. The Balaban J connectivity index is 1.30. The van der Waals surface area contributed by atoms with Gasteiger partial charge in [0.05, 0.1) is 23.4 Å². The predicted molar refractivity (Wildman–Crippen MR) is 134 cm³/mol. The van der Waals surface area contributed by atoms with Crippen LogP contribution in [-0.4, -0.2) is 26.4 Å². The summed E-state index contributed by atoms with van der Waals surface area (Å²) in [4.78, 5) is 12.5. The number of rotatable bonds is 3. The molecule has 5 aliphatic carbocycles. The molecule has 10 atom stereocenters. The van der Waals surface area contributed by atoms with Gasteiger partial charge in [0.25, 0.3) is 0 Å². The van der Waals surface area contributed by atoms with Crippen LogP contribution in [0.1, 0.15) is 89.3 Å². The van der Waals surface area contributed by atoms with E-state index in [4.69, 9.17) is 0 Å². The van der Waals surface area contributed by atoms with Crippen molar-refractivity contribution >= 4 is 5.94 Å². The van der Waals surface area contributed by atoms with Crippen molar-refractivity contribution in [1.29, 1.82) is 5.26 Å². The smallest absolute Gasteiger partial charge is 0.125 e. The number of hydrogen-bond acceptors (Lipinski definition) is 4. The first-order valence-electron chi connectivity index (χ1n) is 14.2. The molecular weight excluding hydrogens is 434 g/mol. The van der Waals surface area contributed by atoms with Crippen molar-refractivity contribution in [3.05, 3.63) is 23.0 Å². The third-order valence-electron chi connectivity index (χ3n) is 11.7. The average Bonchev–Trinajstić information content (AvgIpc) is 3.48. The number of nitriles is 1. The Morgan fingerprint density at radius 1 is 1.09 bits per heavy atom. The molecule has 35 heavy (non-hydrogen) atoms. The Bertz CT molecular complexity index is 1090. The lowest BCUT2D eigenvalue weighted by atomic mass is 9.48. The Hall–Kier alpha value is -1.89. The molecule has 0 spiro atoms. The van der Waals surface area contributed by atoms with Crippen LogP contribution in [0.5, 0.6) is 0 Å². The van der Waals surface area contributed by atoms with E-state index in [1.807, 2.05) is 13.8 Å². The highest BCUT2D eigenvalue weighted by Gasteiger charge is 2.65. The van der Waals surface area contributed by atoms with Gasteiger partial charge in [0.15, 0.2) is 0 Å². The van der Waals surface area contributed by atoms with Crippen molar-refractivity contribution in [2.24, 2.45) is 52.8 Å². The van der Waals surface area contributed by atoms with Crippen molar-refractivity contribution in [2.45, 2.75) is 97.1 Å². The molecule has 5 fully saturated rings. The first kappa shape index (κ1) is 23.5. The minimum absolute atomic E-state index is 0.164. The third-order valence-corrected chi connectivity index (χ3v) is 11.7. The van der Waals surface area contributed by atoms with Crippen LogP contribution in [0.4, 0.5) is 0 Å². The van der Waals surface area contributed by atoms with Gasteiger partial charge in [0.1, 0.15) is 12.0 Å². The lowest BCUT2D eigenvalue weighted by molar-refractivity contribution is -0.105. The van der Waals surface area contributed by atoms with Crippen molar-refractivity contribution in [3.63, 3.8) is 0 Å². The summed E-state index contributed by atoms with van der Waals surface area (Å²) in [6.45, 7) is 6.89. The minimum Gasteiger partial charge on any atom is -0.390 e. The van der Waals surface area contributed by atoms with Gasteiger partial charge in [-0.15, -0.1) is 0 Å². The Morgan fingerprint density at radius 2 is 1.83 bits per heavy atom. The minimum atomic E-state index is -0.466. The van der Waals surface area contributed by atoms with Crippen molar-refractivity contribution < 1.29 is 9.90 Å². The van der Waals surface area contributed by atoms with Crippen LogP contribution in [0.3, 0.4) is 0 Å². The molecular formula is C30H41N3O2. The van der Waals surface area contributed by atoms with E-state index in [0.717, 1.165) is 47.8 Å². The summed E-state index contributed by atoms with van der Waals surface area (Å²) >= 11 is 0. The number of aromatic nitrogens is 2. The highest BCUT2D eigenvalue weighted by molar-refractivity contribution is 5.54. The summed E-state index contributed by atoms with van der Waals surface area (Å²) in [6.07, 6.45) is 13.9. The quantitative estimate of drug-likeness (QED) is 0.587. The highest BCUT2D eigenvalue weighted by Crippen LogP contribution is 2.71. The van der Waals surface area contributed by atoms with Gasteiger partial charge in [-0.2, -0.15) is 10.4 Å². The van der Waals surface area contributed by atoms with Crippen LogP contribution < -0.4 is 0 Å². The van der Waals surface area contributed by atoms with Crippen molar-refractivity contribution in [3.8, 4) is 6.07 Å². The van der Waals surface area contributed by atoms with Gasteiger partial charge in [0, 0.05) is 17.7 Å². The molecule has 0 aromatic carbocycles. The van der Waals surface area contributed by atoms with Crippen molar-refractivity contribution in [1.82, 2.24) is 9.78 Å². The molecule has 0 saturated heterocycles. The molecule has 0 aliphatic heterocycles. The fourth-order valence-electron chi connectivity index (χ4n) is 10.6. The van der Waals surface area contributed by atoms with Crippen LogP contribution in [0.25, 0.3) is 0 Å². The second-order valence-electron chi connectivity index (χ2n) is 13.4. The predicted octanol–water partition coefficient (Wildman–Crippen LogP) is 5.48. The fourth-order valence-corrected chi connectivity index (χ4v) is 10.6. The van der Waals surface area contributed by atoms with E-state index in [-0.39, 0.29) is 5.41 Å². The fraction of sp³-hybridized carbons (Fsp3) is 0.800. The van der Waals surface area contributed by atoms with Crippen molar-refractivity contribution in [2.75, 3.05) is 0 Å². The molecule has 5 aliphatic rings. The molecule has 6 rings (SSSR count). The topological polar surface area (TPSA) is 78.9 Å². The maximum absolute atomic E-state index is 12.5. The summed E-state index contributed by atoms with van der Waals surface area (Å²) in [5.74, 6) is 7.82. The Labute approximate surface area is 210 Å². The number of nitrogens with zero attached hydrogens (tertiary/aromatic N) is 3. The zero-order valence-electron chi connectivity index (χ0n) is 21.7. The number of fused-ring (bicyclic) bond motifs is 7. The molecule has 1 aromatic rings.